The monoisotopic (exact) mass is 733 g/mol. The van der Waals surface area contributed by atoms with Crippen LogP contribution >= 0.6 is 23.5 Å². The highest BCUT2D eigenvalue weighted by Crippen LogP contribution is 2.52. The molecule has 5 nitrogen and oxygen atoms in total. The highest BCUT2D eigenvalue weighted by molar-refractivity contribution is 8.05. The fraction of sp³-hybridized carbons (Fsp3) is 0.0426. The number of aliphatic imine (C=N–C) groups is 3. The number of aromatic nitrogens is 2. The van der Waals surface area contributed by atoms with Crippen molar-refractivity contribution in [3.63, 3.8) is 0 Å². The Bertz CT molecular complexity index is 2840. The molecule has 0 spiro atoms. The van der Waals surface area contributed by atoms with E-state index in [1.165, 1.54) is 30.4 Å². The van der Waals surface area contributed by atoms with Gasteiger partial charge in [0.1, 0.15) is 0 Å². The van der Waals surface area contributed by atoms with Gasteiger partial charge in [0, 0.05) is 69.2 Å². The molecule has 54 heavy (non-hydrogen) atoms. The van der Waals surface area contributed by atoms with Crippen molar-refractivity contribution in [3.8, 4) is 5.69 Å². The lowest BCUT2D eigenvalue weighted by Gasteiger charge is -2.19. The number of fused-ring (bicyclic) bond motifs is 6. The minimum atomic E-state index is 0.480. The van der Waals surface area contributed by atoms with Crippen molar-refractivity contribution in [2.24, 2.45) is 15.0 Å². The molecule has 2 aromatic heterocycles. The molecule has 0 aliphatic carbocycles. The summed E-state index contributed by atoms with van der Waals surface area (Å²) in [5, 5.41) is 3.66. The summed E-state index contributed by atoms with van der Waals surface area (Å²) >= 11 is 3.67. The fourth-order valence-corrected chi connectivity index (χ4v) is 9.48. The molecule has 8 aromatic rings. The van der Waals surface area contributed by atoms with Crippen molar-refractivity contribution < 1.29 is 0 Å². The Balaban J connectivity index is 1.19. The SMILES string of the molecule is C=Cc1c(/C=C\C)n(-c2cccc(C(=NCc3ccccc3)N=C(N=C)c3ccccc3)c2)c2cc3c(cc12)Sc1cc2[nH]c4ccccc4c2cc1S3. The van der Waals surface area contributed by atoms with E-state index < -0.39 is 0 Å². The Labute approximate surface area is 322 Å². The highest BCUT2D eigenvalue weighted by atomic mass is 32.2. The minimum Gasteiger partial charge on any atom is -0.354 e. The van der Waals surface area contributed by atoms with E-state index in [0.29, 0.717) is 18.2 Å². The number of benzene rings is 6. The Morgan fingerprint density at radius 1 is 0.685 bits per heavy atom. The first-order valence-corrected chi connectivity index (χ1v) is 19.4. The second-order valence-corrected chi connectivity index (χ2v) is 15.2. The van der Waals surface area contributed by atoms with E-state index >= 15 is 0 Å². The molecule has 0 bridgehead atoms. The number of hydrogen-bond acceptors (Lipinski definition) is 3. The molecule has 1 aliphatic heterocycles. The molecule has 0 amide bonds. The van der Waals surface area contributed by atoms with E-state index in [1.807, 2.05) is 78.1 Å². The summed E-state index contributed by atoms with van der Waals surface area (Å²) < 4.78 is 2.34. The van der Waals surface area contributed by atoms with Crippen LogP contribution in [0.15, 0.2) is 181 Å². The number of H-pyrrole nitrogens is 1. The lowest BCUT2D eigenvalue weighted by atomic mass is 10.1. The third kappa shape index (κ3) is 6.11. The molecule has 7 heteroatoms. The van der Waals surface area contributed by atoms with Crippen molar-refractivity contribution in [2.45, 2.75) is 33.1 Å². The summed E-state index contributed by atoms with van der Waals surface area (Å²) in [6, 6.07) is 46.5. The number of rotatable bonds is 7. The number of para-hydroxylation sites is 1. The number of amidine groups is 2. The van der Waals surface area contributed by atoms with Gasteiger partial charge in [-0.15, -0.1) is 0 Å². The number of hydrogen-bond donors (Lipinski definition) is 1. The van der Waals surface area contributed by atoms with Crippen molar-refractivity contribution in [2.75, 3.05) is 0 Å². The molecule has 3 heterocycles. The van der Waals surface area contributed by atoms with Crippen LogP contribution in [0, 0.1) is 0 Å². The minimum absolute atomic E-state index is 0.480. The third-order valence-electron chi connectivity index (χ3n) is 9.66. The molecule has 0 unspecified atom stereocenters. The number of nitrogens with one attached hydrogen (secondary N) is 1. The summed E-state index contributed by atoms with van der Waals surface area (Å²) in [6.07, 6.45) is 6.24. The Kier molecular flexibility index (Phi) is 8.95. The van der Waals surface area contributed by atoms with Crippen LogP contribution in [0.25, 0.3) is 50.5 Å². The van der Waals surface area contributed by atoms with Gasteiger partial charge in [0.2, 0.25) is 0 Å². The van der Waals surface area contributed by atoms with E-state index in [2.05, 4.69) is 132 Å². The fourth-order valence-electron chi connectivity index (χ4n) is 7.17. The van der Waals surface area contributed by atoms with Crippen LogP contribution in [-0.4, -0.2) is 27.9 Å². The Morgan fingerprint density at radius 3 is 2.13 bits per heavy atom. The van der Waals surface area contributed by atoms with Crippen LogP contribution in [0.3, 0.4) is 0 Å². The standard InChI is InChI=1S/C47H35N5S2/c1-4-15-40-34(5-2)37-26-43-45(54-42-25-36-35-22-12-13-23-38(35)50-39(36)27-44(42)53-43)28-41(37)52(40)33-21-14-20-32(24-33)47(49-29-30-16-8-6-9-17-30)51-46(48-3)31-18-10-7-11-19-31/h4-28,50H,2-3,29H2,1H3/b15-4-,49-47?,51-46?. The van der Waals surface area contributed by atoms with Gasteiger partial charge >= 0.3 is 0 Å². The van der Waals surface area contributed by atoms with Gasteiger partial charge in [-0.2, -0.15) is 0 Å². The number of nitrogens with zero attached hydrogens (tertiary/aromatic N) is 4. The van der Waals surface area contributed by atoms with E-state index in [-0.39, 0.29) is 0 Å². The highest BCUT2D eigenvalue weighted by Gasteiger charge is 2.24. The lowest BCUT2D eigenvalue weighted by molar-refractivity contribution is 1.06. The van der Waals surface area contributed by atoms with Gasteiger partial charge in [-0.25, -0.2) is 9.98 Å². The maximum Gasteiger partial charge on any atom is 0.161 e. The molecule has 1 aliphatic rings. The van der Waals surface area contributed by atoms with Gasteiger partial charge in [-0.3, -0.25) is 4.99 Å². The zero-order valence-electron chi connectivity index (χ0n) is 29.7. The van der Waals surface area contributed by atoms with E-state index in [1.54, 1.807) is 0 Å². The van der Waals surface area contributed by atoms with Crippen molar-refractivity contribution in [1.82, 2.24) is 9.55 Å². The van der Waals surface area contributed by atoms with Crippen molar-refractivity contribution >= 4 is 86.8 Å². The molecule has 260 valence electrons. The van der Waals surface area contributed by atoms with Crippen LogP contribution in [-0.2, 0) is 6.54 Å². The molecule has 6 aromatic carbocycles. The van der Waals surface area contributed by atoms with Crippen molar-refractivity contribution in [1.29, 1.82) is 0 Å². The van der Waals surface area contributed by atoms with Crippen molar-refractivity contribution in [3.05, 3.63) is 174 Å². The predicted octanol–water partition coefficient (Wildman–Crippen LogP) is 12.7. The van der Waals surface area contributed by atoms with Crippen LogP contribution in [0.1, 0.15) is 34.9 Å². The van der Waals surface area contributed by atoms with Gasteiger partial charge in [0.15, 0.2) is 11.7 Å². The Morgan fingerprint density at radius 2 is 1.37 bits per heavy atom. The first-order chi connectivity index (χ1) is 26.6. The van der Waals surface area contributed by atoms with Crippen LogP contribution in [0.2, 0.25) is 0 Å². The molecular weight excluding hydrogens is 699 g/mol. The molecule has 9 rings (SSSR count). The second-order valence-electron chi connectivity index (χ2n) is 13.0. The molecular formula is C47H35N5S2. The summed E-state index contributed by atoms with van der Waals surface area (Å²) in [4.78, 5) is 23.0. The maximum atomic E-state index is 5.06. The first-order valence-electron chi connectivity index (χ1n) is 17.8. The maximum absolute atomic E-state index is 5.06. The summed E-state index contributed by atoms with van der Waals surface area (Å²) in [5.41, 5.74) is 9.47. The number of aromatic amines is 1. The quantitative estimate of drug-likeness (QED) is 0.131. The largest absolute Gasteiger partial charge is 0.354 e. The average molecular weight is 734 g/mol. The lowest BCUT2D eigenvalue weighted by Crippen LogP contribution is -2.07. The number of allylic oxidation sites excluding steroid dienone is 1. The van der Waals surface area contributed by atoms with Gasteiger partial charge < -0.3 is 9.55 Å². The molecule has 1 N–H and O–H groups in total. The molecule has 0 saturated heterocycles. The van der Waals surface area contributed by atoms with Crippen LogP contribution in [0.4, 0.5) is 0 Å². The predicted molar refractivity (Wildman–Crippen MR) is 231 cm³/mol. The molecule has 0 radical (unpaired) electrons. The molecule has 0 saturated carbocycles. The molecule has 0 atom stereocenters. The van der Waals surface area contributed by atoms with Gasteiger partial charge in [0.25, 0.3) is 0 Å². The summed E-state index contributed by atoms with van der Waals surface area (Å²) in [7, 11) is 0. The van der Waals surface area contributed by atoms with E-state index in [0.717, 1.165) is 55.6 Å². The summed E-state index contributed by atoms with van der Waals surface area (Å²) in [6.45, 7) is 10.7. The molecule has 0 fully saturated rings. The second kappa shape index (κ2) is 14.3. The van der Waals surface area contributed by atoms with Crippen LogP contribution in [0.5, 0.6) is 0 Å². The third-order valence-corrected chi connectivity index (χ3v) is 12.1. The normalized spacial score (nSPS) is 13.1. The zero-order valence-corrected chi connectivity index (χ0v) is 31.3. The van der Waals surface area contributed by atoms with E-state index in [4.69, 9.17) is 9.98 Å². The first kappa shape index (κ1) is 33.7. The summed E-state index contributed by atoms with van der Waals surface area (Å²) in [5.74, 6) is 1.11. The van der Waals surface area contributed by atoms with Gasteiger partial charge in [0.05, 0.1) is 17.8 Å². The topological polar surface area (TPSA) is 57.8 Å². The van der Waals surface area contributed by atoms with E-state index in [9.17, 15) is 0 Å². The van der Waals surface area contributed by atoms with Crippen LogP contribution < -0.4 is 0 Å². The average Bonchev–Trinajstić information content (AvgIpc) is 3.72. The smallest absolute Gasteiger partial charge is 0.161 e. The zero-order chi connectivity index (χ0) is 36.6. The Hall–Kier alpha value is -6.15. The van der Waals surface area contributed by atoms with Gasteiger partial charge in [-0.05, 0) is 67.7 Å². The van der Waals surface area contributed by atoms with Gasteiger partial charge in [-0.1, -0.05) is 133 Å².